The standard InChI is InChI=1S/C14H23N3O2S/c1-12-3-4-13(15)11-14(12)17-7-5-16(6-8-17)9-10-20(2,18)19/h3-4,11H,5-10,15H2,1-2H3. The van der Waals surface area contributed by atoms with E-state index < -0.39 is 9.84 Å². The maximum Gasteiger partial charge on any atom is 0.148 e. The predicted octanol–water partition coefficient (Wildman–Crippen LogP) is 0.744. The zero-order valence-corrected chi connectivity index (χ0v) is 13.0. The van der Waals surface area contributed by atoms with Crippen LogP contribution < -0.4 is 10.6 Å². The molecule has 2 rings (SSSR count). The van der Waals surface area contributed by atoms with Crippen molar-refractivity contribution in [2.75, 3.05) is 55.4 Å². The number of aryl methyl sites for hydroxylation is 1. The average Bonchev–Trinajstić information content (AvgIpc) is 2.39. The molecule has 1 heterocycles. The fourth-order valence-electron chi connectivity index (χ4n) is 2.47. The van der Waals surface area contributed by atoms with Gasteiger partial charge >= 0.3 is 0 Å². The van der Waals surface area contributed by atoms with Gasteiger partial charge in [0.15, 0.2) is 0 Å². The molecule has 0 radical (unpaired) electrons. The number of hydrogen-bond donors (Lipinski definition) is 1. The van der Waals surface area contributed by atoms with E-state index >= 15 is 0 Å². The highest BCUT2D eigenvalue weighted by atomic mass is 32.2. The minimum absolute atomic E-state index is 0.240. The van der Waals surface area contributed by atoms with Crippen molar-refractivity contribution < 1.29 is 8.42 Å². The molecule has 0 spiro atoms. The molecule has 0 atom stereocenters. The van der Waals surface area contributed by atoms with Crippen LogP contribution in [0.4, 0.5) is 11.4 Å². The number of benzene rings is 1. The highest BCUT2D eigenvalue weighted by Crippen LogP contribution is 2.23. The molecule has 6 heteroatoms. The molecule has 1 aliphatic rings. The van der Waals surface area contributed by atoms with E-state index in [9.17, 15) is 8.42 Å². The lowest BCUT2D eigenvalue weighted by atomic mass is 10.1. The van der Waals surface area contributed by atoms with E-state index in [1.54, 1.807) is 0 Å². The molecular formula is C14H23N3O2S. The van der Waals surface area contributed by atoms with Crippen molar-refractivity contribution in [1.29, 1.82) is 0 Å². The Bertz CT molecular complexity index is 564. The second kappa shape index (κ2) is 6.01. The van der Waals surface area contributed by atoms with Gasteiger partial charge < -0.3 is 10.6 Å². The summed E-state index contributed by atoms with van der Waals surface area (Å²) in [5.41, 5.74) is 9.05. The van der Waals surface area contributed by atoms with Crippen LogP contribution in [0.3, 0.4) is 0 Å². The fourth-order valence-corrected chi connectivity index (χ4v) is 3.06. The van der Waals surface area contributed by atoms with Crippen LogP contribution in [-0.4, -0.2) is 58.1 Å². The summed E-state index contributed by atoms with van der Waals surface area (Å²) >= 11 is 0. The highest BCUT2D eigenvalue weighted by Gasteiger charge is 2.19. The topological polar surface area (TPSA) is 66.6 Å². The van der Waals surface area contributed by atoms with Crippen molar-refractivity contribution >= 4 is 21.2 Å². The number of rotatable bonds is 4. The van der Waals surface area contributed by atoms with E-state index in [1.807, 2.05) is 18.2 Å². The van der Waals surface area contributed by atoms with Crippen molar-refractivity contribution in [3.63, 3.8) is 0 Å². The minimum Gasteiger partial charge on any atom is -0.399 e. The van der Waals surface area contributed by atoms with Gasteiger partial charge in [-0.1, -0.05) is 6.07 Å². The van der Waals surface area contributed by atoms with Crippen LogP contribution in [-0.2, 0) is 9.84 Å². The first-order valence-corrected chi connectivity index (χ1v) is 8.92. The quantitative estimate of drug-likeness (QED) is 0.831. The molecule has 0 saturated carbocycles. The van der Waals surface area contributed by atoms with Crippen molar-refractivity contribution in [2.45, 2.75) is 6.92 Å². The van der Waals surface area contributed by atoms with Crippen LogP contribution in [0.5, 0.6) is 0 Å². The summed E-state index contributed by atoms with van der Waals surface area (Å²) in [4.78, 5) is 4.53. The first-order valence-electron chi connectivity index (χ1n) is 6.86. The van der Waals surface area contributed by atoms with Crippen molar-refractivity contribution in [1.82, 2.24) is 4.90 Å². The minimum atomic E-state index is -2.87. The Balaban J connectivity index is 1.92. The maximum atomic E-state index is 11.2. The molecule has 0 aromatic heterocycles. The van der Waals surface area contributed by atoms with Crippen LogP contribution in [0.2, 0.25) is 0 Å². The van der Waals surface area contributed by atoms with Crippen LogP contribution in [0.1, 0.15) is 5.56 Å². The summed E-state index contributed by atoms with van der Waals surface area (Å²) < 4.78 is 22.4. The van der Waals surface area contributed by atoms with E-state index in [1.165, 1.54) is 17.5 Å². The third kappa shape index (κ3) is 4.11. The molecular weight excluding hydrogens is 274 g/mol. The van der Waals surface area contributed by atoms with Crippen LogP contribution in [0, 0.1) is 6.92 Å². The number of nitrogens with zero attached hydrogens (tertiary/aromatic N) is 2. The molecule has 20 heavy (non-hydrogen) atoms. The molecule has 0 aliphatic carbocycles. The lowest BCUT2D eigenvalue weighted by molar-refractivity contribution is 0.272. The van der Waals surface area contributed by atoms with E-state index in [4.69, 9.17) is 5.73 Å². The molecule has 0 amide bonds. The smallest absolute Gasteiger partial charge is 0.148 e. The van der Waals surface area contributed by atoms with Gasteiger partial charge in [0.1, 0.15) is 9.84 Å². The molecule has 1 aliphatic heterocycles. The Morgan fingerprint density at radius 3 is 2.45 bits per heavy atom. The van der Waals surface area contributed by atoms with E-state index in [2.05, 4.69) is 16.7 Å². The van der Waals surface area contributed by atoms with Crippen LogP contribution >= 0.6 is 0 Å². The van der Waals surface area contributed by atoms with Crippen molar-refractivity contribution in [2.24, 2.45) is 0 Å². The first-order chi connectivity index (χ1) is 9.35. The largest absolute Gasteiger partial charge is 0.399 e. The van der Waals surface area contributed by atoms with E-state index in [0.717, 1.165) is 31.9 Å². The molecule has 2 N–H and O–H groups in total. The normalized spacial score (nSPS) is 17.4. The van der Waals surface area contributed by atoms with E-state index in [-0.39, 0.29) is 5.75 Å². The van der Waals surface area contributed by atoms with Gasteiger partial charge in [0, 0.05) is 50.4 Å². The molecule has 1 aromatic rings. The van der Waals surface area contributed by atoms with Gasteiger partial charge in [-0.25, -0.2) is 8.42 Å². The monoisotopic (exact) mass is 297 g/mol. The summed E-state index contributed by atoms with van der Waals surface area (Å²) in [5, 5.41) is 0. The van der Waals surface area contributed by atoms with Crippen LogP contribution in [0.25, 0.3) is 0 Å². The second-order valence-electron chi connectivity index (χ2n) is 5.50. The Kier molecular flexibility index (Phi) is 4.55. The van der Waals surface area contributed by atoms with Crippen molar-refractivity contribution in [3.05, 3.63) is 23.8 Å². The van der Waals surface area contributed by atoms with Gasteiger partial charge in [-0.2, -0.15) is 0 Å². The third-order valence-electron chi connectivity index (χ3n) is 3.72. The maximum absolute atomic E-state index is 11.2. The zero-order chi connectivity index (χ0) is 14.8. The second-order valence-corrected chi connectivity index (χ2v) is 7.76. The SMILES string of the molecule is Cc1ccc(N)cc1N1CCN(CCS(C)(=O)=O)CC1. The zero-order valence-electron chi connectivity index (χ0n) is 12.2. The lowest BCUT2D eigenvalue weighted by Gasteiger charge is -2.36. The molecule has 1 saturated heterocycles. The summed E-state index contributed by atoms with van der Waals surface area (Å²) in [6.07, 6.45) is 1.29. The number of sulfone groups is 1. The average molecular weight is 297 g/mol. The van der Waals surface area contributed by atoms with Gasteiger partial charge in [0.25, 0.3) is 0 Å². The summed E-state index contributed by atoms with van der Waals surface area (Å²) in [7, 11) is -2.87. The lowest BCUT2D eigenvalue weighted by Crippen LogP contribution is -2.47. The number of nitrogen functional groups attached to an aromatic ring is 1. The van der Waals surface area contributed by atoms with Crippen LogP contribution in [0.15, 0.2) is 18.2 Å². The number of anilines is 2. The fraction of sp³-hybridized carbons (Fsp3) is 0.571. The molecule has 0 unspecified atom stereocenters. The Morgan fingerprint density at radius 1 is 1.20 bits per heavy atom. The van der Waals surface area contributed by atoms with Gasteiger partial charge in [-0.15, -0.1) is 0 Å². The molecule has 0 bridgehead atoms. The Morgan fingerprint density at radius 2 is 1.85 bits per heavy atom. The number of hydrogen-bond acceptors (Lipinski definition) is 5. The van der Waals surface area contributed by atoms with Crippen molar-refractivity contribution in [3.8, 4) is 0 Å². The van der Waals surface area contributed by atoms with Gasteiger partial charge in [-0.05, 0) is 24.6 Å². The molecule has 112 valence electrons. The molecule has 1 aromatic carbocycles. The third-order valence-corrected chi connectivity index (χ3v) is 4.65. The van der Waals surface area contributed by atoms with Gasteiger partial charge in [0.2, 0.25) is 0 Å². The van der Waals surface area contributed by atoms with Gasteiger partial charge in [0.05, 0.1) is 5.75 Å². The van der Waals surface area contributed by atoms with Gasteiger partial charge in [-0.3, -0.25) is 4.90 Å². The predicted molar refractivity (Wildman–Crippen MR) is 84.0 cm³/mol. The Labute approximate surface area is 121 Å². The first kappa shape index (κ1) is 15.1. The summed E-state index contributed by atoms with van der Waals surface area (Å²) in [5.74, 6) is 0.240. The summed E-state index contributed by atoms with van der Waals surface area (Å²) in [6.45, 7) is 6.32. The molecule has 1 fully saturated rings. The Hall–Kier alpha value is -1.27. The number of piperazine rings is 1. The molecule has 5 nitrogen and oxygen atoms in total. The highest BCUT2D eigenvalue weighted by molar-refractivity contribution is 7.90. The number of nitrogens with two attached hydrogens (primary N) is 1. The summed E-state index contributed by atoms with van der Waals surface area (Å²) in [6, 6.07) is 5.98. The van der Waals surface area contributed by atoms with E-state index in [0.29, 0.717) is 6.54 Å².